The molecule has 100 valence electrons. The first-order valence-corrected chi connectivity index (χ1v) is 6.08. The number of aliphatic hydroxyl groups is 1. The number of hydrogen-bond donors (Lipinski definition) is 2. The molecule has 0 aliphatic heterocycles. The average molecular weight is 251 g/mol. The van der Waals surface area contributed by atoms with Gasteiger partial charge in [0.2, 0.25) is 5.91 Å². The summed E-state index contributed by atoms with van der Waals surface area (Å²) in [6, 6.07) is 0. The topological polar surface area (TPSA) is 75.1 Å². The van der Waals surface area contributed by atoms with Crippen LogP contribution in [0.1, 0.15) is 39.1 Å². The van der Waals surface area contributed by atoms with E-state index in [0.717, 1.165) is 0 Å². The van der Waals surface area contributed by atoms with Gasteiger partial charge in [-0.2, -0.15) is 0 Å². The summed E-state index contributed by atoms with van der Waals surface area (Å²) in [7, 11) is 0. The average Bonchev–Trinajstić information content (AvgIpc) is 2.35. The van der Waals surface area contributed by atoms with E-state index in [1.807, 2.05) is 13.8 Å². The van der Waals surface area contributed by atoms with Gasteiger partial charge in [0.15, 0.2) is 0 Å². The molecule has 5 nitrogen and oxygen atoms in total. The predicted octanol–water partition coefficient (Wildman–Crippen LogP) is 1.02. The molecule has 0 radical (unpaired) electrons. The zero-order chi connectivity index (χ0) is 13.8. The molecule has 0 saturated carbocycles. The second-order valence-electron chi connectivity index (χ2n) is 5.28. The van der Waals surface area contributed by atoms with Gasteiger partial charge in [-0.25, -0.2) is 0 Å². The maximum absolute atomic E-state index is 12.1. The molecule has 5 heteroatoms. The minimum absolute atomic E-state index is 0.0828. The van der Waals surface area contributed by atoms with Crippen molar-refractivity contribution in [3.63, 3.8) is 0 Å². The Bertz CT molecular complexity index is 416. The van der Waals surface area contributed by atoms with Gasteiger partial charge in [0, 0.05) is 12.7 Å². The summed E-state index contributed by atoms with van der Waals surface area (Å²) in [6.45, 7) is 8.14. The number of carbonyl (C=O) groups is 1. The highest BCUT2D eigenvalue weighted by atomic mass is 16.3. The van der Waals surface area contributed by atoms with Crippen LogP contribution in [0.4, 0.5) is 0 Å². The van der Waals surface area contributed by atoms with Gasteiger partial charge in [0.1, 0.15) is 0 Å². The lowest BCUT2D eigenvalue weighted by atomic mass is 9.88. The third-order valence-corrected chi connectivity index (χ3v) is 2.73. The van der Waals surface area contributed by atoms with Crippen molar-refractivity contribution in [3.8, 4) is 0 Å². The number of amides is 1. The molecule has 0 aliphatic carbocycles. The third-order valence-electron chi connectivity index (χ3n) is 2.73. The Morgan fingerprint density at radius 3 is 2.67 bits per heavy atom. The van der Waals surface area contributed by atoms with Crippen molar-refractivity contribution in [1.82, 2.24) is 15.3 Å². The van der Waals surface area contributed by atoms with Crippen LogP contribution in [-0.2, 0) is 16.8 Å². The zero-order valence-corrected chi connectivity index (χ0v) is 11.4. The molecule has 0 saturated heterocycles. The summed E-state index contributed by atoms with van der Waals surface area (Å²) in [5.74, 6) is 0.320. The van der Waals surface area contributed by atoms with E-state index in [2.05, 4.69) is 15.3 Å². The maximum atomic E-state index is 12.1. The van der Waals surface area contributed by atoms with Crippen LogP contribution < -0.4 is 5.32 Å². The van der Waals surface area contributed by atoms with Gasteiger partial charge in [0.05, 0.1) is 29.6 Å². The number of nitrogens with one attached hydrogen (secondary N) is 1. The summed E-state index contributed by atoms with van der Waals surface area (Å²) in [5.41, 5.74) is 0.278. The Balaban J connectivity index is 2.86. The van der Waals surface area contributed by atoms with Crippen LogP contribution in [0.2, 0.25) is 0 Å². The predicted molar refractivity (Wildman–Crippen MR) is 68.8 cm³/mol. The van der Waals surface area contributed by atoms with Gasteiger partial charge in [0.25, 0.3) is 0 Å². The van der Waals surface area contributed by atoms with E-state index in [4.69, 9.17) is 5.11 Å². The second-order valence-corrected chi connectivity index (χ2v) is 5.28. The van der Waals surface area contributed by atoms with Crippen LogP contribution in [0.3, 0.4) is 0 Å². The van der Waals surface area contributed by atoms with Crippen molar-refractivity contribution >= 4 is 5.91 Å². The summed E-state index contributed by atoms with van der Waals surface area (Å²) in [6.07, 6.45) is 3.06. The van der Waals surface area contributed by atoms with Crippen molar-refractivity contribution < 1.29 is 9.90 Å². The minimum atomic E-state index is -0.757. The monoisotopic (exact) mass is 251 g/mol. The molecule has 0 aromatic carbocycles. The first-order valence-electron chi connectivity index (χ1n) is 6.08. The van der Waals surface area contributed by atoms with E-state index < -0.39 is 5.41 Å². The molecular weight excluding hydrogens is 230 g/mol. The summed E-state index contributed by atoms with van der Waals surface area (Å²) in [4.78, 5) is 20.4. The highest BCUT2D eigenvalue weighted by Crippen LogP contribution is 2.21. The molecular formula is C13H21N3O2. The highest BCUT2D eigenvalue weighted by molar-refractivity contribution is 5.86. The van der Waals surface area contributed by atoms with Gasteiger partial charge < -0.3 is 10.4 Å². The van der Waals surface area contributed by atoms with Gasteiger partial charge in [-0.05, 0) is 19.8 Å². The first-order chi connectivity index (χ1) is 8.37. The van der Waals surface area contributed by atoms with Crippen LogP contribution in [-0.4, -0.2) is 27.5 Å². The summed E-state index contributed by atoms with van der Waals surface area (Å²) < 4.78 is 0. The fourth-order valence-electron chi connectivity index (χ4n) is 1.42. The van der Waals surface area contributed by atoms with Gasteiger partial charge in [-0.3, -0.25) is 14.8 Å². The first kappa shape index (κ1) is 14.6. The number of carbonyl (C=O) groups excluding carboxylic acids is 1. The Morgan fingerprint density at radius 2 is 2.11 bits per heavy atom. The largest absolute Gasteiger partial charge is 0.390 e. The normalized spacial score (nSPS) is 11.7. The maximum Gasteiger partial charge on any atom is 0.231 e. The van der Waals surface area contributed by atoms with Crippen molar-refractivity contribution in [3.05, 3.63) is 23.8 Å². The van der Waals surface area contributed by atoms with Crippen molar-refractivity contribution in [1.29, 1.82) is 0 Å². The minimum Gasteiger partial charge on any atom is -0.390 e. The molecule has 1 amide bonds. The standard InChI is InChI=1S/C13H21N3O2/c1-9(2)5-15-12(18)13(3,4)11-7-14-6-10(8-17)16-11/h6-7,9,17H,5,8H2,1-4H3,(H,15,18). The number of aliphatic hydroxyl groups excluding tert-OH is 1. The van der Waals surface area contributed by atoms with Crippen LogP contribution in [0.15, 0.2) is 12.4 Å². The number of nitrogens with zero attached hydrogens (tertiary/aromatic N) is 2. The van der Waals surface area contributed by atoms with E-state index in [1.54, 1.807) is 20.0 Å². The Labute approximate surface area is 108 Å². The van der Waals surface area contributed by atoms with Gasteiger partial charge in [-0.1, -0.05) is 13.8 Å². The van der Waals surface area contributed by atoms with Crippen molar-refractivity contribution in [2.24, 2.45) is 5.92 Å². The van der Waals surface area contributed by atoms with Crippen LogP contribution >= 0.6 is 0 Å². The van der Waals surface area contributed by atoms with Gasteiger partial charge >= 0.3 is 0 Å². The van der Waals surface area contributed by atoms with Gasteiger partial charge in [-0.15, -0.1) is 0 Å². The molecule has 18 heavy (non-hydrogen) atoms. The molecule has 1 rings (SSSR count). The molecule has 2 N–H and O–H groups in total. The van der Waals surface area contributed by atoms with E-state index in [9.17, 15) is 4.79 Å². The lowest BCUT2D eigenvalue weighted by Crippen LogP contribution is -2.42. The zero-order valence-electron chi connectivity index (χ0n) is 11.4. The molecule has 0 atom stereocenters. The fourth-order valence-corrected chi connectivity index (χ4v) is 1.42. The lowest BCUT2D eigenvalue weighted by Gasteiger charge is -2.23. The summed E-state index contributed by atoms with van der Waals surface area (Å²) >= 11 is 0. The number of aromatic nitrogens is 2. The second kappa shape index (κ2) is 5.91. The Kier molecular flexibility index (Phi) is 4.78. The fraction of sp³-hybridized carbons (Fsp3) is 0.615. The quantitative estimate of drug-likeness (QED) is 0.819. The third kappa shape index (κ3) is 3.50. The molecule has 0 unspecified atom stereocenters. The van der Waals surface area contributed by atoms with Crippen LogP contribution in [0.25, 0.3) is 0 Å². The highest BCUT2D eigenvalue weighted by Gasteiger charge is 2.31. The molecule has 1 aromatic rings. The SMILES string of the molecule is CC(C)CNC(=O)C(C)(C)c1cncc(CO)n1. The molecule has 0 aliphatic rings. The number of hydrogen-bond acceptors (Lipinski definition) is 4. The van der Waals surface area contributed by atoms with Crippen molar-refractivity contribution in [2.75, 3.05) is 6.54 Å². The number of rotatable bonds is 5. The Morgan fingerprint density at radius 1 is 1.44 bits per heavy atom. The molecule has 0 fully saturated rings. The molecule has 0 bridgehead atoms. The molecule has 1 aromatic heterocycles. The van der Waals surface area contributed by atoms with Crippen LogP contribution in [0, 0.1) is 5.92 Å². The van der Waals surface area contributed by atoms with E-state index >= 15 is 0 Å². The smallest absolute Gasteiger partial charge is 0.231 e. The van der Waals surface area contributed by atoms with Crippen molar-refractivity contribution in [2.45, 2.75) is 39.7 Å². The van der Waals surface area contributed by atoms with E-state index in [0.29, 0.717) is 23.9 Å². The van der Waals surface area contributed by atoms with Crippen LogP contribution in [0.5, 0.6) is 0 Å². The molecule has 0 spiro atoms. The van der Waals surface area contributed by atoms with E-state index in [-0.39, 0.29) is 12.5 Å². The van der Waals surface area contributed by atoms with E-state index in [1.165, 1.54) is 6.20 Å². The summed E-state index contributed by atoms with van der Waals surface area (Å²) in [5, 5.41) is 11.9. The molecule has 1 heterocycles. The lowest BCUT2D eigenvalue weighted by molar-refractivity contribution is -0.125. The Hall–Kier alpha value is -1.49.